The van der Waals surface area contributed by atoms with Crippen molar-refractivity contribution in [3.63, 3.8) is 0 Å². The monoisotopic (exact) mass is 435 g/mol. The van der Waals surface area contributed by atoms with E-state index >= 15 is 0 Å². The number of anilines is 1. The van der Waals surface area contributed by atoms with Crippen LogP contribution in [0.2, 0.25) is 0 Å². The standard InChI is InChI=1S/C16H25N3O3.HI/c1-16(2,20-4)11-18-15(17-3)19-12-6-7-13-14(10-12)22-9-5-8-21-13;/h6-7,10H,5,8-9,11H2,1-4H3,(H2,17,18,19);1H. The molecule has 2 N–H and O–H groups in total. The summed E-state index contributed by atoms with van der Waals surface area (Å²) in [6.07, 6.45) is 0.896. The van der Waals surface area contributed by atoms with Gasteiger partial charge < -0.3 is 24.8 Å². The Morgan fingerprint density at radius 2 is 1.96 bits per heavy atom. The molecule has 0 bridgehead atoms. The van der Waals surface area contributed by atoms with Gasteiger partial charge in [0, 0.05) is 38.9 Å². The summed E-state index contributed by atoms with van der Waals surface area (Å²) in [5.41, 5.74) is 0.634. The van der Waals surface area contributed by atoms with E-state index in [1.165, 1.54) is 0 Å². The Morgan fingerprint density at radius 1 is 1.26 bits per heavy atom. The first-order valence-electron chi connectivity index (χ1n) is 7.46. The van der Waals surface area contributed by atoms with E-state index in [9.17, 15) is 0 Å². The molecular formula is C16H26IN3O3. The molecule has 23 heavy (non-hydrogen) atoms. The first-order valence-corrected chi connectivity index (χ1v) is 7.46. The van der Waals surface area contributed by atoms with Gasteiger partial charge in [-0.15, -0.1) is 24.0 Å². The molecule has 0 spiro atoms. The highest BCUT2D eigenvalue weighted by Crippen LogP contribution is 2.32. The fourth-order valence-electron chi connectivity index (χ4n) is 1.93. The van der Waals surface area contributed by atoms with Crippen molar-refractivity contribution >= 4 is 35.6 Å². The first-order chi connectivity index (χ1) is 10.5. The van der Waals surface area contributed by atoms with Crippen LogP contribution >= 0.6 is 24.0 Å². The second-order valence-electron chi connectivity index (χ2n) is 5.73. The van der Waals surface area contributed by atoms with Gasteiger partial charge in [0.15, 0.2) is 17.5 Å². The number of guanidine groups is 1. The molecule has 1 aromatic carbocycles. The van der Waals surface area contributed by atoms with Gasteiger partial charge in [-0.3, -0.25) is 4.99 Å². The van der Waals surface area contributed by atoms with Gasteiger partial charge in [0.05, 0.1) is 18.8 Å². The predicted molar refractivity (Wildman–Crippen MR) is 104 cm³/mol. The van der Waals surface area contributed by atoms with Crippen LogP contribution < -0.4 is 20.1 Å². The average molecular weight is 435 g/mol. The molecule has 2 rings (SSSR count). The molecule has 130 valence electrons. The number of aliphatic imine (C=N–C) groups is 1. The van der Waals surface area contributed by atoms with E-state index in [2.05, 4.69) is 15.6 Å². The van der Waals surface area contributed by atoms with E-state index in [1.807, 2.05) is 32.0 Å². The summed E-state index contributed by atoms with van der Waals surface area (Å²) >= 11 is 0. The fraction of sp³-hybridized carbons (Fsp3) is 0.562. The molecule has 1 heterocycles. The topological polar surface area (TPSA) is 64.1 Å². The summed E-state index contributed by atoms with van der Waals surface area (Å²) in [5.74, 6) is 2.22. The average Bonchev–Trinajstić information content (AvgIpc) is 2.76. The predicted octanol–water partition coefficient (Wildman–Crippen LogP) is 2.88. The number of nitrogens with zero attached hydrogens (tertiary/aromatic N) is 1. The van der Waals surface area contributed by atoms with Crippen LogP contribution in [0, 0.1) is 0 Å². The van der Waals surface area contributed by atoms with Gasteiger partial charge in [-0.2, -0.15) is 0 Å². The summed E-state index contributed by atoms with van der Waals surface area (Å²) in [5, 5.41) is 6.49. The zero-order valence-electron chi connectivity index (χ0n) is 14.1. The molecule has 0 unspecified atom stereocenters. The first kappa shape index (κ1) is 19.8. The summed E-state index contributed by atoms with van der Waals surface area (Å²) in [4.78, 5) is 4.22. The van der Waals surface area contributed by atoms with Crippen molar-refractivity contribution in [1.82, 2.24) is 5.32 Å². The van der Waals surface area contributed by atoms with Gasteiger partial charge >= 0.3 is 0 Å². The van der Waals surface area contributed by atoms with E-state index < -0.39 is 0 Å². The summed E-state index contributed by atoms with van der Waals surface area (Å²) in [6.45, 7) is 6.04. The minimum atomic E-state index is -0.262. The quantitative estimate of drug-likeness (QED) is 0.433. The zero-order valence-corrected chi connectivity index (χ0v) is 16.5. The molecule has 1 aliphatic heterocycles. The largest absolute Gasteiger partial charge is 0.490 e. The van der Waals surface area contributed by atoms with E-state index in [4.69, 9.17) is 14.2 Å². The molecule has 7 heteroatoms. The van der Waals surface area contributed by atoms with Crippen molar-refractivity contribution in [2.45, 2.75) is 25.9 Å². The highest BCUT2D eigenvalue weighted by molar-refractivity contribution is 14.0. The molecular weight excluding hydrogens is 409 g/mol. The number of rotatable bonds is 4. The Hall–Kier alpha value is -1.22. The van der Waals surface area contributed by atoms with Crippen LogP contribution in [-0.2, 0) is 4.74 Å². The Morgan fingerprint density at radius 3 is 2.61 bits per heavy atom. The third-order valence-electron chi connectivity index (χ3n) is 3.47. The lowest BCUT2D eigenvalue weighted by atomic mass is 10.1. The van der Waals surface area contributed by atoms with Crippen molar-refractivity contribution in [3.8, 4) is 11.5 Å². The SMILES string of the molecule is CN=C(NCC(C)(C)OC)Nc1ccc2c(c1)OCCCO2.I. The lowest BCUT2D eigenvalue weighted by molar-refractivity contribution is 0.0270. The van der Waals surface area contributed by atoms with Gasteiger partial charge in [0.25, 0.3) is 0 Å². The number of hydrogen-bond donors (Lipinski definition) is 2. The molecule has 6 nitrogen and oxygen atoms in total. The molecule has 0 aromatic heterocycles. The normalized spacial score (nSPS) is 14.5. The lowest BCUT2D eigenvalue weighted by Crippen LogP contribution is -2.42. The van der Waals surface area contributed by atoms with Crippen molar-refractivity contribution in [2.24, 2.45) is 4.99 Å². The van der Waals surface area contributed by atoms with Crippen molar-refractivity contribution < 1.29 is 14.2 Å². The van der Waals surface area contributed by atoms with Gasteiger partial charge in [-0.1, -0.05) is 0 Å². The number of benzene rings is 1. The molecule has 0 radical (unpaired) electrons. The number of fused-ring (bicyclic) bond motifs is 1. The number of nitrogens with one attached hydrogen (secondary N) is 2. The molecule has 0 saturated heterocycles. The summed E-state index contributed by atoms with van der Waals surface area (Å²) in [6, 6.07) is 5.78. The summed E-state index contributed by atoms with van der Waals surface area (Å²) < 4.78 is 16.7. The lowest BCUT2D eigenvalue weighted by Gasteiger charge is -2.24. The van der Waals surface area contributed by atoms with E-state index in [-0.39, 0.29) is 29.6 Å². The Balaban J connectivity index is 0.00000264. The molecule has 0 atom stereocenters. The number of ether oxygens (including phenoxy) is 3. The Kier molecular flexibility index (Phi) is 7.90. The highest BCUT2D eigenvalue weighted by Gasteiger charge is 2.17. The van der Waals surface area contributed by atoms with E-state index in [0.717, 1.165) is 23.6 Å². The minimum Gasteiger partial charge on any atom is -0.490 e. The van der Waals surface area contributed by atoms with Crippen LogP contribution in [0.3, 0.4) is 0 Å². The second kappa shape index (κ2) is 9.17. The number of hydrogen-bond acceptors (Lipinski definition) is 4. The van der Waals surface area contributed by atoms with Gasteiger partial charge in [-0.05, 0) is 26.0 Å². The van der Waals surface area contributed by atoms with Crippen LogP contribution in [0.25, 0.3) is 0 Å². The van der Waals surface area contributed by atoms with E-state index in [1.54, 1.807) is 14.2 Å². The third-order valence-corrected chi connectivity index (χ3v) is 3.47. The minimum absolute atomic E-state index is 0. The van der Waals surface area contributed by atoms with Crippen LogP contribution in [0.1, 0.15) is 20.3 Å². The van der Waals surface area contributed by atoms with Gasteiger partial charge in [0.2, 0.25) is 0 Å². The molecule has 0 saturated carbocycles. The van der Waals surface area contributed by atoms with Crippen molar-refractivity contribution in [3.05, 3.63) is 18.2 Å². The molecule has 1 aliphatic rings. The fourth-order valence-corrected chi connectivity index (χ4v) is 1.93. The van der Waals surface area contributed by atoms with Crippen molar-refractivity contribution in [1.29, 1.82) is 0 Å². The van der Waals surface area contributed by atoms with Gasteiger partial charge in [-0.25, -0.2) is 0 Å². The molecule has 0 fully saturated rings. The van der Waals surface area contributed by atoms with Crippen LogP contribution in [0.5, 0.6) is 11.5 Å². The zero-order chi connectivity index (χ0) is 16.0. The second-order valence-corrected chi connectivity index (χ2v) is 5.73. The van der Waals surface area contributed by atoms with Crippen LogP contribution in [-0.4, -0.2) is 45.5 Å². The maximum absolute atomic E-state index is 5.69. The number of halogens is 1. The van der Waals surface area contributed by atoms with Gasteiger partial charge in [0.1, 0.15) is 0 Å². The third kappa shape index (κ3) is 6.06. The Bertz CT molecular complexity index is 535. The van der Waals surface area contributed by atoms with Crippen molar-refractivity contribution in [2.75, 3.05) is 39.2 Å². The molecule has 0 aliphatic carbocycles. The van der Waals surface area contributed by atoms with Crippen LogP contribution in [0.4, 0.5) is 5.69 Å². The smallest absolute Gasteiger partial charge is 0.195 e. The van der Waals surface area contributed by atoms with E-state index in [0.29, 0.717) is 25.7 Å². The maximum atomic E-state index is 5.69. The molecule has 0 amide bonds. The Labute approximate surface area is 155 Å². The van der Waals surface area contributed by atoms with Crippen LogP contribution in [0.15, 0.2) is 23.2 Å². The number of methoxy groups -OCH3 is 1. The highest BCUT2D eigenvalue weighted by atomic mass is 127. The molecule has 1 aromatic rings. The maximum Gasteiger partial charge on any atom is 0.195 e. The summed E-state index contributed by atoms with van der Waals surface area (Å²) in [7, 11) is 3.43.